The maximum atomic E-state index is 12.1. The van der Waals surface area contributed by atoms with Crippen molar-refractivity contribution < 1.29 is 18.7 Å². The van der Waals surface area contributed by atoms with Crippen LogP contribution in [0.15, 0.2) is 57.7 Å². The molecule has 0 unspecified atom stereocenters. The van der Waals surface area contributed by atoms with Crippen LogP contribution in [-0.4, -0.2) is 19.6 Å². The van der Waals surface area contributed by atoms with Gasteiger partial charge >= 0.3 is 5.63 Å². The molecule has 0 atom stereocenters. The Morgan fingerprint density at radius 3 is 2.74 bits per heavy atom. The van der Waals surface area contributed by atoms with Gasteiger partial charge < -0.3 is 19.2 Å². The molecule has 0 saturated heterocycles. The van der Waals surface area contributed by atoms with Crippen molar-refractivity contribution in [3.05, 3.63) is 64.5 Å². The maximum Gasteiger partial charge on any atom is 0.336 e. The molecule has 2 aromatic carbocycles. The van der Waals surface area contributed by atoms with Crippen LogP contribution in [0.5, 0.6) is 11.5 Å². The molecule has 0 aliphatic rings. The van der Waals surface area contributed by atoms with Crippen LogP contribution in [-0.2, 0) is 11.2 Å². The third kappa shape index (κ3) is 4.67. The first-order valence-corrected chi connectivity index (χ1v) is 8.72. The number of fused-ring (bicyclic) bond motifs is 1. The van der Waals surface area contributed by atoms with Crippen LogP contribution in [0.1, 0.15) is 18.9 Å². The molecule has 0 saturated carbocycles. The Bertz CT molecular complexity index is 1010. The lowest BCUT2D eigenvalue weighted by Gasteiger charge is -2.10. The maximum absolute atomic E-state index is 12.1. The van der Waals surface area contributed by atoms with E-state index in [1.54, 1.807) is 43.5 Å². The molecular weight excluding hydrogens is 346 g/mol. The fourth-order valence-electron chi connectivity index (χ4n) is 2.82. The molecule has 3 aromatic rings. The predicted octanol–water partition coefficient (Wildman–Crippen LogP) is 3.77. The van der Waals surface area contributed by atoms with Gasteiger partial charge in [0.1, 0.15) is 17.1 Å². The van der Waals surface area contributed by atoms with Crippen molar-refractivity contribution in [3.63, 3.8) is 0 Å². The van der Waals surface area contributed by atoms with Crippen LogP contribution in [0.3, 0.4) is 0 Å². The highest BCUT2D eigenvalue weighted by atomic mass is 16.5. The van der Waals surface area contributed by atoms with Gasteiger partial charge in [0.05, 0.1) is 7.11 Å². The Morgan fingerprint density at radius 2 is 1.96 bits per heavy atom. The number of carbonyl (C=O) groups is 1. The quantitative estimate of drug-likeness (QED) is 0.643. The Hall–Kier alpha value is -3.28. The van der Waals surface area contributed by atoms with Crippen LogP contribution < -0.4 is 20.4 Å². The van der Waals surface area contributed by atoms with Gasteiger partial charge in [0.25, 0.3) is 5.91 Å². The molecule has 1 amide bonds. The Labute approximate surface area is 156 Å². The van der Waals surface area contributed by atoms with Gasteiger partial charge in [-0.2, -0.15) is 0 Å². The highest BCUT2D eigenvalue weighted by molar-refractivity contribution is 5.92. The summed E-state index contributed by atoms with van der Waals surface area (Å²) >= 11 is 0. The number of benzene rings is 2. The first-order valence-electron chi connectivity index (χ1n) is 8.72. The molecule has 0 aliphatic carbocycles. The fourth-order valence-corrected chi connectivity index (χ4v) is 2.82. The summed E-state index contributed by atoms with van der Waals surface area (Å²) in [6.07, 6.45) is 1.73. The average Bonchev–Trinajstić information content (AvgIpc) is 2.66. The minimum absolute atomic E-state index is 0.165. The predicted molar refractivity (Wildman–Crippen MR) is 104 cm³/mol. The third-order valence-corrected chi connectivity index (χ3v) is 4.04. The number of hydrogen-bond acceptors (Lipinski definition) is 5. The van der Waals surface area contributed by atoms with Gasteiger partial charge in [0.15, 0.2) is 6.61 Å². The summed E-state index contributed by atoms with van der Waals surface area (Å²) in [6, 6.07) is 13.8. The number of methoxy groups -OCH3 is 1. The van der Waals surface area contributed by atoms with Gasteiger partial charge in [-0.05, 0) is 36.2 Å². The molecule has 1 N–H and O–H groups in total. The van der Waals surface area contributed by atoms with E-state index in [2.05, 4.69) is 12.2 Å². The van der Waals surface area contributed by atoms with Gasteiger partial charge in [0.2, 0.25) is 0 Å². The number of amides is 1. The fraction of sp³-hybridized carbons (Fsp3) is 0.238. The molecule has 27 heavy (non-hydrogen) atoms. The summed E-state index contributed by atoms with van der Waals surface area (Å²) in [5.41, 5.74) is 1.64. The summed E-state index contributed by atoms with van der Waals surface area (Å²) in [5, 5.41) is 3.62. The summed E-state index contributed by atoms with van der Waals surface area (Å²) < 4.78 is 15.9. The second-order valence-electron chi connectivity index (χ2n) is 6.07. The van der Waals surface area contributed by atoms with Crippen LogP contribution in [0.4, 0.5) is 5.69 Å². The average molecular weight is 367 g/mol. The molecule has 6 nitrogen and oxygen atoms in total. The zero-order valence-corrected chi connectivity index (χ0v) is 15.3. The highest BCUT2D eigenvalue weighted by Gasteiger charge is 2.09. The first-order chi connectivity index (χ1) is 13.1. The van der Waals surface area contributed by atoms with Gasteiger partial charge in [-0.15, -0.1) is 0 Å². The highest BCUT2D eigenvalue weighted by Crippen LogP contribution is 2.23. The minimum Gasteiger partial charge on any atom is -0.497 e. The van der Waals surface area contributed by atoms with Crippen molar-refractivity contribution in [3.8, 4) is 11.5 Å². The summed E-state index contributed by atoms with van der Waals surface area (Å²) in [7, 11) is 1.56. The number of ether oxygens (including phenoxy) is 2. The number of aryl methyl sites for hydroxylation is 1. The standard InChI is InChI=1S/C21H21NO5/c1-3-5-14-10-21(24)27-19-12-17(8-9-18(14)19)26-13-20(23)22-15-6-4-7-16(11-15)25-2/h4,6-12H,3,5,13H2,1-2H3,(H,22,23). The lowest BCUT2D eigenvalue weighted by atomic mass is 10.1. The smallest absolute Gasteiger partial charge is 0.336 e. The molecule has 0 fully saturated rings. The van der Waals surface area contributed by atoms with Crippen LogP contribution in [0.2, 0.25) is 0 Å². The molecule has 1 heterocycles. The van der Waals surface area contributed by atoms with E-state index in [-0.39, 0.29) is 18.1 Å². The normalized spacial score (nSPS) is 10.6. The third-order valence-electron chi connectivity index (χ3n) is 4.04. The largest absolute Gasteiger partial charge is 0.497 e. The van der Waals surface area contributed by atoms with Crippen molar-refractivity contribution in [2.24, 2.45) is 0 Å². The monoisotopic (exact) mass is 367 g/mol. The molecule has 140 valence electrons. The van der Waals surface area contributed by atoms with Gasteiger partial charge in [-0.25, -0.2) is 4.79 Å². The van der Waals surface area contributed by atoms with Gasteiger partial charge in [-0.3, -0.25) is 4.79 Å². The van der Waals surface area contributed by atoms with Crippen molar-refractivity contribution in [2.75, 3.05) is 19.0 Å². The first kappa shape index (κ1) is 18.5. The van der Waals surface area contributed by atoms with Crippen LogP contribution >= 0.6 is 0 Å². The molecule has 3 rings (SSSR count). The van der Waals surface area contributed by atoms with Gasteiger partial charge in [0, 0.05) is 29.3 Å². The Morgan fingerprint density at radius 1 is 1.11 bits per heavy atom. The molecule has 0 radical (unpaired) electrons. The molecule has 1 aromatic heterocycles. The van der Waals surface area contributed by atoms with Crippen molar-refractivity contribution >= 4 is 22.6 Å². The van der Waals surface area contributed by atoms with E-state index in [9.17, 15) is 9.59 Å². The van der Waals surface area contributed by atoms with E-state index in [0.29, 0.717) is 22.8 Å². The molecule has 0 aliphatic heterocycles. The second kappa shape index (κ2) is 8.40. The number of carbonyl (C=O) groups excluding carboxylic acids is 1. The number of rotatable bonds is 7. The lowest BCUT2D eigenvalue weighted by Crippen LogP contribution is -2.20. The lowest BCUT2D eigenvalue weighted by molar-refractivity contribution is -0.118. The summed E-state index contributed by atoms with van der Waals surface area (Å²) in [6.45, 7) is 1.89. The van der Waals surface area contributed by atoms with Gasteiger partial charge in [-0.1, -0.05) is 19.4 Å². The summed E-state index contributed by atoms with van der Waals surface area (Å²) in [5.74, 6) is 0.811. The number of hydrogen-bond donors (Lipinski definition) is 1. The van der Waals surface area contributed by atoms with E-state index >= 15 is 0 Å². The van der Waals surface area contributed by atoms with E-state index in [4.69, 9.17) is 13.9 Å². The zero-order chi connectivity index (χ0) is 19.2. The Kier molecular flexibility index (Phi) is 5.76. The van der Waals surface area contributed by atoms with Crippen molar-refractivity contribution in [1.29, 1.82) is 0 Å². The molecule has 6 heteroatoms. The number of nitrogens with one attached hydrogen (secondary N) is 1. The van der Waals surface area contributed by atoms with Crippen LogP contribution in [0, 0.1) is 0 Å². The number of anilines is 1. The van der Waals surface area contributed by atoms with E-state index < -0.39 is 0 Å². The van der Waals surface area contributed by atoms with E-state index in [1.165, 1.54) is 6.07 Å². The van der Waals surface area contributed by atoms with Crippen LogP contribution in [0.25, 0.3) is 11.0 Å². The molecule has 0 bridgehead atoms. The molecular formula is C21H21NO5. The SMILES string of the molecule is CCCc1cc(=O)oc2cc(OCC(=O)Nc3cccc(OC)c3)ccc12. The van der Waals surface area contributed by atoms with E-state index in [0.717, 1.165) is 23.8 Å². The van der Waals surface area contributed by atoms with E-state index in [1.807, 2.05) is 6.07 Å². The molecule has 0 spiro atoms. The topological polar surface area (TPSA) is 77.8 Å². The zero-order valence-electron chi connectivity index (χ0n) is 15.3. The van der Waals surface area contributed by atoms with Crippen molar-refractivity contribution in [2.45, 2.75) is 19.8 Å². The van der Waals surface area contributed by atoms with Crippen molar-refractivity contribution in [1.82, 2.24) is 0 Å². The Balaban J connectivity index is 1.69. The second-order valence-corrected chi connectivity index (χ2v) is 6.07. The minimum atomic E-state index is -0.390. The summed E-state index contributed by atoms with van der Waals surface area (Å²) in [4.78, 5) is 23.8.